The number of amides is 2. The molecule has 0 aliphatic carbocycles. The molecule has 2 saturated heterocycles. The number of pyridine rings is 1. The maximum Gasteiger partial charge on any atom is 0.350 e. The summed E-state index contributed by atoms with van der Waals surface area (Å²) in [7, 11) is 0. The van der Waals surface area contributed by atoms with Crippen molar-refractivity contribution in [1.82, 2.24) is 29.7 Å². The molecule has 2 unspecified atom stereocenters. The van der Waals surface area contributed by atoms with Gasteiger partial charge in [0.2, 0.25) is 11.8 Å². The number of piperidine rings is 1. The molecular weight excluding hydrogens is 396 g/mol. The second-order valence-corrected chi connectivity index (χ2v) is 7.61. The van der Waals surface area contributed by atoms with E-state index in [1.807, 2.05) is 0 Å². The molecule has 9 nitrogen and oxygen atoms in total. The maximum atomic E-state index is 12.7. The van der Waals surface area contributed by atoms with Gasteiger partial charge in [0.05, 0.1) is 6.04 Å². The zero-order valence-corrected chi connectivity index (χ0v) is 17.1. The number of nitrogens with one attached hydrogen (secondary N) is 2. The Morgan fingerprint density at radius 3 is 2.86 bits per heavy atom. The molecule has 0 aromatic carbocycles. The van der Waals surface area contributed by atoms with E-state index in [4.69, 9.17) is 0 Å². The van der Waals surface area contributed by atoms with Crippen LogP contribution >= 0.6 is 12.4 Å². The molecule has 158 valence electrons. The lowest BCUT2D eigenvalue weighted by molar-refractivity contribution is -0.133. The Hall–Kier alpha value is -2.39. The smallest absolute Gasteiger partial charge is 0.350 e. The van der Waals surface area contributed by atoms with Gasteiger partial charge in [-0.05, 0) is 50.3 Å². The highest BCUT2D eigenvalue weighted by molar-refractivity contribution is 5.85. The summed E-state index contributed by atoms with van der Waals surface area (Å²) in [5, 5.41) is 10.4. The van der Waals surface area contributed by atoms with Crippen LogP contribution in [0, 0.1) is 5.92 Å². The summed E-state index contributed by atoms with van der Waals surface area (Å²) in [6, 6.07) is 5.22. The Morgan fingerprint density at radius 2 is 2.10 bits per heavy atom. The van der Waals surface area contributed by atoms with Gasteiger partial charge in [-0.3, -0.25) is 14.0 Å². The van der Waals surface area contributed by atoms with Crippen LogP contribution in [0.4, 0.5) is 0 Å². The van der Waals surface area contributed by atoms with E-state index in [0.29, 0.717) is 25.3 Å². The number of hydrogen-bond acceptors (Lipinski definition) is 5. The van der Waals surface area contributed by atoms with Crippen LogP contribution in [0.3, 0.4) is 0 Å². The van der Waals surface area contributed by atoms with Crippen molar-refractivity contribution in [2.45, 2.75) is 38.3 Å². The van der Waals surface area contributed by atoms with Gasteiger partial charge < -0.3 is 15.5 Å². The van der Waals surface area contributed by atoms with Gasteiger partial charge in [-0.15, -0.1) is 17.5 Å². The normalized spacial score (nSPS) is 21.7. The van der Waals surface area contributed by atoms with E-state index in [2.05, 4.69) is 15.7 Å². The second kappa shape index (κ2) is 9.41. The van der Waals surface area contributed by atoms with Crippen molar-refractivity contribution in [1.29, 1.82) is 0 Å². The number of likely N-dealkylation sites (tertiary alicyclic amines) is 1. The van der Waals surface area contributed by atoms with Crippen LogP contribution < -0.4 is 16.3 Å². The highest BCUT2D eigenvalue weighted by Crippen LogP contribution is 2.16. The predicted molar refractivity (Wildman–Crippen MR) is 110 cm³/mol. The molecule has 10 heteroatoms. The SMILES string of the molecule is Cl.O=C(NCC1CCCN(C(=O)Cn2nc3ccccn3c2=O)C1)C1CCCN1. The van der Waals surface area contributed by atoms with E-state index in [1.165, 1.54) is 9.08 Å². The van der Waals surface area contributed by atoms with E-state index in [1.54, 1.807) is 29.3 Å². The van der Waals surface area contributed by atoms with Crippen LogP contribution in [0.25, 0.3) is 5.65 Å². The fraction of sp³-hybridized carbons (Fsp3) is 0.579. The van der Waals surface area contributed by atoms with Gasteiger partial charge in [0.15, 0.2) is 5.65 Å². The third-order valence-corrected chi connectivity index (χ3v) is 5.59. The van der Waals surface area contributed by atoms with Gasteiger partial charge in [0.25, 0.3) is 0 Å². The zero-order chi connectivity index (χ0) is 19.5. The lowest BCUT2D eigenvalue weighted by Gasteiger charge is -2.33. The number of nitrogens with zero attached hydrogens (tertiary/aromatic N) is 4. The summed E-state index contributed by atoms with van der Waals surface area (Å²) in [4.78, 5) is 39.0. The molecule has 4 heterocycles. The van der Waals surface area contributed by atoms with Gasteiger partial charge in [-0.1, -0.05) is 6.07 Å². The van der Waals surface area contributed by atoms with Crippen LogP contribution in [0.5, 0.6) is 0 Å². The van der Waals surface area contributed by atoms with Crippen molar-refractivity contribution in [3.63, 3.8) is 0 Å². The molecule has 2 aliphatic rings. The standard InChI is InChI=1S/C19H26N6O3.ClH/c26-17(13-25-19(28)24-10-2-1-7-16(24)22-25)23-9-4-5-14(12-23)11-21-18(27)15-6-3-8-20-15;/h1-2,7,10,14-15,20H,3-6,8-9,11-13H2,(H,21,27);1H. The average molecular weight is 423 g/mol. The maximum absolute atomic E-state index is 12.7. The summed E-state index contributed by atoms with van der Waals surface area (Å²) in [6.07, 6.45) is 5.44. The highest BCUT2D eigenvalue weighted by atomic mass is 35.5. The molecular formula is C19H27ClN6O3. The molecule has 2 aliphatic heterocycles. The minimum absolute atomic E-state index is 0. The van der Waals surface area contributed by atoms with Crippen LogP contribution in [0.2, 0.25) is 0 Å². The zero-order valence-electron chi connectivity index (χ0n) is 16.2. The number of aromatic nitrogens is 3. The summed E-state index contributed by atoms with van der Waals surface area (Å²) < 4.78 is 2.65. The Labute approximate surface area is 174 Å². The number of rotatable bonds is 5. The topological polar surface area (TPSA) is 101 Å². The summed E-state index contributed by atoms with van der Waals surface area (Å²) in [5.41, 5.74) is 0.217. The van der Waals surface area contributed by atoms with Gasteiger partial charge in [0, 0.05) is 25.8 Å². The van der Waals surface area contributed by atoms with Crippen molar-refractivity contribution < 1.29 is 9.59 Å². The first-order valence-corrected chi connectivity index (χ1v) is 9.95. The number of halogens is 1. The largest absolute Gasteiger partial charge is 0.354 e. The Bertz CT molecular complexity index is 920. The minimum Gasteiger partial charge on any atom is -0.354 e. The van der Waals surface area contributed by atoms with Crippen molar-refractivity contribution in [3.05, 3.63) is 34.9 Å². The van der Waals surface area contributed by atoms with Gasteiger partial charge in [-0.2, -0.15) is 0 Å². The van der Waals surface area contributed by atoms with Crippen LogP contribution in [0.1, 0.15) is 25.7 Å². The first kappa shape index (κ1) is 21.3. The Balaban J connectivity index is 0.00000240. The average Bonchev–Trinajstić information content (AvgIpc) is 3.36. The van der Waals surface area contributed by atoms with E-state index in [0.717, 1.165) is 32.2 Å². The van der Waals surface area contributed by atoms with Gasteiger partial charge >= 0.3 is 5.69 Å². The van der Waals surface area contributed by atoms with Crippen molar-refractivity contribution in [2.75, 3.05) is 26.2 Å². The van der Waals surface area contributed by atoms with Crippen molar-refractivity contribution in [3.8, 4) is 0 Å². The summed E-state index contributed by atoms with van der Waals surface area (Å²) in [6.45, 7) is 2.68. The molecule has 29 heavy (non-hydrogen) atoms. The van der Waals surface area contributed by atoms with E-state index >= 15 is 0 Å². The van der Waals surface area contributed by atoms with E-state index in [9.17, 15) is 14.4 Å². The molecule has 2 N–H and O–H groups in total. The van der Waals surface area contributed by atoms with Gasteiger partial charge in [0.1, 0.15) is 6.54 Å². The van der Waals surface area contributed by atoms with E-state index in [-0.39, 0.29) is 48.4 Å². The second-order valence-electron chi connectivity index (χ2n) is 7.61. The van der Waals surface area contributed by atoms with Crippen molar-refractivity contribution in [2.24, 2.45) is 5.92 Å². The quantitative estimate of drug-likeness (QED) is 0.707. The lowest BCUT2D eigenvalue weighted by Crippen LogP contribution is -2.47. The number of carbonyl (C=O) groups is 2. The summed E-state index contributed by atoms with van der Waals surface area (Å²) in [5.74, 6) is 0.178. The Kier molecular flexibility index (Phi) is 6.92. The predicted octanol–water partition coefficient (Wildman–Crippen LogP) is 0.0246. The van der Waals surface area contributed by atoms with Crippen molar-refractivity contribution >= 4 is 29.9 Å². The first-order valence-electron chi connectivity index (χ1n) is 9.95. The fourth-order valence-corrected chi connectivity index (χ4v) is 4.03. The molecule has 0 spiro atoms. The fourth-order valence-electron chi connectivity index (χ4n) is 4.03. The van der Waals surface area contributed by atoms with Crippen LogP contribution in [0.15, 0.2) is 29.2 Å². The molecule has 0 saturated carbocycles. The lowest BCUT2D eigenvalue weighted by atomic mass is 9.97. The third kappa shape index (κ3) is 4.79. The molecule has 2 amide bonds. The molecule has 0 radical (unpaired) electrons. The first-order chi connectivity index (χ1) is 13.6. The molecule has 2 aromatic heterocycles. The highest BCUT2D eigenvalue weighted by Gasteiger charge is 2.27. The molecule has 2 aromatic rings. The van der Waals surface area contributed by atoms with Crippen LogP contribution in [-0.4, -0.2) is 63.1 Å². The summed E-state index contributed by atoms with van der Waals surface area (Å²) >= 11 is 0. The van der Waals surface area contributed by atoms with E-state index < -0.39 is 0 Å². The number of fused-ring (bicyclic) bond motifs is 1. The molecule has 2 atom stereocenters. The van der Waals surface area contributed by atoms with Gasteiger partial charge in [-0.25, -0.2) is 9.48 Å². The minimum atomic E-state index is -0.311. The molecule has 0 bridgehead atoms. The number of carbonyl (C=O) groups excluding carboxylic acids is 2. The molecule has 4 rings (SSSR count). The number of hydrogen-bond donors (Lipinski definition) is 2. The third-order valence-electron chi connectivity index (χ3n) is 5.59. The van der Waals surface area contributed by atoms with Crippen LogP contribution in [-0.2, 0) is 16.1 Å². The molecule has 2 fully saturated rings. The monoisotopic (exact) mass is 422 g/mol. The Morgan fingerprint density at radius 1 is 1.24 bits per heavy atom.